The van der Waals surface area contributed by atoms with Gasteiger partial charge >= 0.3 is 6.61 Å². The number of nitrogens with zero attached hydrogens (tertiary/aromatic N) is 5. The van der Waals surface area contributed by atoms with Crippen LogP contribution in [0.5, 0.6) is 5.88 Å². The molecule has 3 atom stereocenters. The van der Waals surface area contributed by atoms with Gasteiger partial charge in [-0.25, -0.2) is 13.5 Å². The van der Waals surface area contributed by atoms with Crippen molar-refractivity contribution >= 4 is 39.9 Å². The molecule has 6 rings (SSSR count). The Labute approximate surface area is 235 Å². The number of rotatable bonds is 10. The predicted molar refractivity (Wildman–Crippen MR) is 140 cm³/mol. The average Bonchev–Trinajstić information content (AvgIpc) is 3.21. The van der Waals surface area contributed by atoms with Gasteiger partial charge in [0.2, 0.25) is 17.7 Å². The van der Waals surface area contributed by atoms with E-state index in [0.29, 0.717) is 48.0 Å². The summed E-state index contributed by atoms with van der Waals surface area (Å²) >= 11 is 1.33. The molecule has 3 heterocycles. The first-order valence-electron chi connectivity index (χ1n) is 13.3. The van der Waals surface area contributed by atoms with Crippen LogP contribution in [0.1, 0.15) is 52.5 Å². The molecule has 3 N–H and O–H groups in total. The number of ether oxygens (including phenoxy) is 1. The first kappa shape index (κ1) is 27.5. The second kappa shape index (κ2) is 10.9. The first-order valence-corrected chi connectivity index (χ1v) is 14.1. The van der Waals surface area contributed by atoms with Crippen LogP contribution in [0.25, 0.3) is 0 Å². The van der Waals surface area contributed by atoms with Gasteiger partial charge in [0, 0.05) is 42.4 Å². The normalized spacial score (nSPS) is 24.9. The summed E-state index contributed by atoms with van der Waals surface area (Å²) in [4.78, 5) is 27.1. The Balaban J connectivity index is 1.23. The number of fused-ring (bicyclic) bond motifs is 1. The van der Waals surface area contributed by atoms with Crippen LogP contribution in [0.3, 0.4) is 0 Å². The van der Waals surface area contributed by atoms with E-state index in [1.807, 2.05) is 0 Å². The third-order valence-electron chi connectivity index (χ3n) is 7.78. The standard InChI is InChI=1S/C25H28F4N8O3S/c1-36-18(8-19(35-36)40-24(28)29)32-25-34-31-10-37(25)14-2-3-17-15(7-14)20(22(39)30-9-12-6-16(12)27)23(41-17)33-21(38)11-4-13(26)5-11/h8,10-14,16,24H,2-7,9H2,1H3,(H,30,39)(H,32,34)(H,33,38)/t11-,12-,13-,14+,16+/m1/s1. The summed E-state index contributed by atoms with van der Waals surface area (Å²) in [6.07, 6.45) is 2.09. The summed E-state index contributed by atoms with van der Waals surface area (Å²) in [6, 6.07) is 1.14. The summed E-state index contributed by atoms with van der Waals surface area (Å²) in [6.45, 7) is -2.81. The minimum Gasteiger partial charge on any atom is -0.415 e. The van der Waals surface area contributed by atoms with Gasteiger partial charge in [-0.2, -0.15) is 8.78 Å². The molecule has 0 aliphatic heterocycles. The lowest BCUT2D eigenvalue weighted by molar-refractivity contribution is -0.124. The van der Waals surface area contributed by atoms with Crippen molar-refractivity contribution in [2.75, 3.05) is 17.2 Å². The first-order chi connectivity index (χ1) is 19.7. The highest BCUT2D eigenvalue weighted by molar-refractivity contribution is 7.17. The van der Waals surface area contributed by atoms with Gasteiger partial charge in [-0.3, -0.25) is 14.2 Å². The number of carbonyl (C=O) groups excluding carboxylic acids is 2. The van der Waals surface area contributed by atoms with E-state index in [1.54, 1.807) is 11.6 Å². The van der Waals surface area contributed by atoms with Crippen molar-refractivity contribution in [1.29, 1.82) is 0 Å². The Hall–Kier alpha value is -3.69. The fourth-order valence-electron chi connectivity index (χ4n) is 5.26. The van der Waals surface area contributed by atoms with Crippen molar-refractivity contribution in [2.24, 2.45) is 18.9 Å². The van der Waals surface area contributed by atoms with Crippen molar-refractivity contribution < 1.29 is 31.9 Å². The molecule has 3 aliphatic carbocycles. The molecule has 0 spiro atoms. The van der Waals surface area contributed by atoms with Crippen LogP contribution in [-0.4, -0.2) is 61.9 Å². The zero-order valence-electron chi connectivity index (χ0n) is 21.9. The van der Waals surface area contributed by atoms with Crippen LogP contribution >= 0.6 is 11.3 Å². The second-order valence-corrected chi connectivity index (χ2v) is 11.7. The van der Waals surface area contributed by atoms with Crippen LogP contribution < -0.4 is 20.7 Å². The topological polar surface area (TPSA) is 128 Å². The lowest BCUT2D eigenvalue weighted by Gasteiger charge is -2.28. The Bertz CT molecular complexity index is 1450. The maximum Gasteiger partial charge on any atom is 0.388 e. The summed E-state index contributed by atoms with van der Waals surface area (Å²) in [5.41, 5.74) is 1.12. The van der Waals surface area contributed by atoms with Crippen LogP contribution in [0.4, 0.5) is 34.3 Å². The molecular formula is C25H28F4N8O3S. The van der Waals surface area contributed by atoms with Gasteiger partial charge in [0.1, 0.15) is 29.5 Å². The number of aromatic nitrogens is 5. The number of amides is 2. The molecule has 2 saturated carbocycles. The van der Waals surface area contributed by atoms with E-state index in [4.69, 9.17) is 0 Å². The zero-order valence-corrected chi connectivity index (χ0v) is 22.8. The summed E-state index contributed by atoms with van der Waals surface area (Å²) < 4.78 is 59.5. The van der Waals surface area contributed by atoms with E-state index in [2.05, 4.69) is 36.0 Å². The third kappa shape index (κ3) is 5.74. The molecular weight excluding hydrogens is 568 g/mol. The van der Waals surface area contributed by atoms with Gasteiger partial charge < -0.3 is 20.7 Å². The van der Waals surface area contributed by atoms with Crippen molar-refractivity contribution in [3.63, 3.8) is 0 Å². The molecule has 3 aliphatic rings. The highest BCUT2D eigenvalue weighted by Gasteiger charge is 2.39. The minimum atomic E-state index is -3.01. The molecule has 220 valence electrons. The smallest absolute Gasteiger partial charge is 0.388 e. The SMILES string of the molecule is Cn1nc(OC(F)F)cc1Nc1nncn1[C@H]1CCc2sc(NC(=O)[C@H]3C[C@H](F)C3)c(C(=O)NC[C@H]3C[C@@H]3F)c2C1. The van der Waals surface area contributed by atoms with Crippen LogP contribution in [0.2, 0.25) is 0 Å². The Morgan fingerprint density at radius 1 is 1.24 bits per heavy atom. The number of anilines is 3. The number of nitrogens with one attached hydrogen (secondary N) is 3. The molecule has 0 unspecified atom stereocenters. The highest BCUT2D eigenvalue weighted by Crippen LogP contribution is 2.43. The Kier molecular flexibility index (Phi) is 7.34. The maximum absolute atomic E-state index is 13.4. The molecule has 11 nitrogen and oxygen atoms in total. The fraction of sp³-hybridized carbons (Fsp3) is 0.560. The van der Waals surface area contributed by atoms with E-state index in [-0.39, 0.29) is 43.1 Å². The molecule has 41 heavy (non-hydrogen) atoms. The Morgan fingerprint density at radius 2 is 2.02 bits per heavy atom. The molecule has 0 bridgehead atoms. The Morgan fingerprint density at radius 3 is 2.73 bits per heavy atom. The van der Waals surface area contributed by atoms with Crippen LogP contribution in [0, 0.1) is 11.8 Å². The molecule has 2 fully saturated rings. The second-order valence-electron chi connectivity index (χ2n) is 10.6. The van der Waals surface area contributed by atoms with Crippen molar-refractivity contribution in [2.45, 2.75) is 63.5 Å². The average molecular weight is 597 g/mol. The van der Waals surface area contributed by atoms with Crippen molar-refractivity contribution in [3.8, 4) is 5.88 Å². The summed E-state index contributed by atoms with van der Waals surface area (Å²) in [7, 11) is 1.56. The molecule has 0 saturated heterocycles. The predicted octanol–water partition coefficient (Wildman–Crippen LogP) is 3.92. The minimum absolute atomic E-state index is 0.163. The van der Waals surface area contributed by atoms with Gasteiger partial charge in [-0.05, 0) is 44.1 Å². The van der Waals surface area contributed by atoms with E-state index >= 15 is 0 Å². The number of aryl methyl sites for hydroxylation is 2. The van der Waals surface area contributed by atoms with Gasteiger partial charge in [0.05, 0.1) is 5.56 Å². The fourth-order valence-corrected chi connectivity index (χ4v) is 6.51. The van der Waals surface area contributed by atoms with E-state index in [1.165, 1.54) is 28.4 Å². The van der Waals surface area contributed by atoms with Crippen LogP contribution in [-0.2, 0) is 24.7 Å². The summed E-state index contributed by atoms with van der Waals surface area (Å²) in [5, 5.41) is 21.2. The lowest BCUT2D eigenvalue weighted by atomic mass is 9.83. The van der Waals surface area contributed by atoms with E-state index in [0.717, 1.165) is 10.4 Å². The number of thiophene rings is 1. The number of carbonyl (C=O) groups is 2. The lowest BCUT2D eigenvalue weighted by Crippen LogP contribution is -2.36. The number of hydrogen-bond acceptors (Lipinski definition) is 8. The molecule has 3 aromatic rings. The molecule has 0 aromatic carbocycles. The van der Waals surface area contributed by atoms with Gasteiger partial charge in [-0.15, -0.1) is 26.6 Å². The quantitative estimate of drug-likeness (QED) is 0.303. The number of hydrogen-bond donors (Lipinski definition) is 3. The maximum atomic E-state index is 13.4. The van der Waals surface area contributed by atoms with Gasteiger partial charge in [0.15, 0.2) is 0 Å². The molecule has 3 aromatic heterocycles. The zero-order chi connectivity index (χ0) is 28.8. The monoisotopic (exact) mass is 596 g/mol. The van der Waals surface area contributed by atoms with Crippen molar-refractivity contribution in [1.82, 2.24) is 29.9 Å². The molecule has 2 amide bonds. The van der Waals surface area contributed by atoms with Gasteiger partial charge in [0.25, 0.3) is 5.91 Å². The van der Waals surface area contributed by atoms with E-state index in [9.17, 15) is 27.2 Å². The number of halogens is 4. The molecule has 16 heteroatoms. The third-order valence-corrected chi connectivity index (χ3v) is 8.99. The van der Waals surface area contributed by atoms with E-state index < -0.39 is 30.8 Å². The number of alkyl halides is 4. The largest absolute Gasteiger partial charge is 0.415 e. The summed E-state index contributed by atoms with van der Waals surface area (Å²) in [5.74, 6) is -0.909. The van der Waals surface area contributed by atoms with Crippen molar-refractivity contribution in [3.05, 3.63) is 28.4 Å². The van der Waals surface area contributed by atoms with Crippen LogP contribution in [0.15, 0.2) is 12.4 Å². The molecule has 0 radical (unpaired) electrons. The van der Waals surface area contributed by atoms with Gasteiger partial charge in [-0.1, -0.05) is 0 Å². The highest BCUT2D eigenvalue weighted by atomic mass is 32.1.